The predicted molar refractivity (Wildman–Crippen MR) is 133 cm³/mol. The number of ketones is 1. The molecule has 32 heavy (non-hydrogen) atoms. The molecule has 3 aliphatic rings. The van der Waals surface area contributed by atoms with Gasteiger partial charge in [-0.3, -0.25) is 4.79 Å². The van der Waals surface area contributed by atoms with Gasteiger partial charge in [0.25, 0.3) is 0 Å². The van der Waals surface area contributed by atoms with Crippen LogP contribution in [-0.4, -0.2) is 43.1 Å². The van der Waals surface area contributed by atoms with Gasteiger partial charge in [-0.1, -0.05) is 62.3 Å². The van der Waals surface area contributed by atoms with Crippen LogP contribution in [0.25, 0.3) is 0 Å². The Hall–Kier alpha value is -0.233. The summed E-state index contributed by atoms with van der Waals surface area (Å²) in [5, 5.41) is 22.5. The van der Waals surface area contributed by atoms with Gasteiger partial charge in [-0.2, -0.15) is 0 Å². The molecule has 186 valence electrons. The van der Waals surface area contributed by atoms with Crippen LogP contribution in [0.1, 0.15) is 94.4 Å². The Balaban J connectivity index is 2.06. The van der Waals surface area contributed by atoms with Crippen molar-refractivity contribution in [2.75, 3.05) is 6.61 Å². The van der Waals surface area contributed by atoms with Crippen molar-refractivity contribution >= 4 is 14.1 Å². The summed E-state index contributed by atoms with van der Waals surface area (Å²) in [4.78, 5) is 13.5. The highest BCUT2D eigenvalue weighted by Gasteiger charge is 2.66. The summed E-state index contributed by atoms with van der Waals surface area (Å²) in [6.45, 7) is 21.0. The fourth-order valence-corrected chi connectivity index (χ4v) is 14.6. The maximum absolute atomic E-state index is 13.5. The van der Waals surface area contributed by atoms with Gasteiger partial charge in [-0.25, -0.2) is 0 Å². The average Bonchev–Trinajstić information content (AvgIpc) is 2.68. The lowest BCUT2D eigenvalue weighted by Gasteiger charge is -2.64. The minimum atomic E-state index is -2.08. The Kier molecular flexibility index (Phi) is 7.49. The molecule has 0 aromatic heterocycles. The fraction of sp³-hybridized carbons (Fsp3) is 0.963. The maximum Gasteiger partial charge on any atom is 0.200 e. The van der Waals surface area contributed by atoms with Crippen LogP contribution in [0.4, 0.5) is 0 Å². The molecule has 0 aliphatic heterocycles. The SMILES string of the molecule is CC(C)[Si](OC[C@@]12CC[C@H]3[C@H](C)CCC(=O)[C@]3(C)[C@H]1[C@H](O)[C@H](O)[C@H](C)C2)(C(C)C)C(C)C. The van der Waals surface area contributed by atoms with E-state index in [0.29, 0.717) is 47.3 Å². The van der Waals surface area contributed by atoms with E-state index in [1.165, 1.54) is 0 Å². The third-order valence-corrected chi connectivity index (χ3v) is 16.5. The summed E-state index contributed by atoms with van der Waals surface area (Å²) in [5.74, 6) is 0.855. The Labute approximate surface area is 198 Å². The van der Waals surface area contributed by atoms with Crippen molar-refractivity contribution in [2.45, 2.75) is 123 Å². The molecule has 0 bridgehead atoms. The number of hydrogen-bond acceptors (Lipinski definition) is 4. The van der Waals surface area contributed by atoms with Crippen molar-refractivity contribution in [2.24, 2.45) is 34.5 Å². The third kappa shape index (κ3) is 3.78. The second-order valence-electron chi connectivity index (χ2n) is 13.0. The summed E-state index contributed by atoms with van der Waals surface area (Å²) >= 11 is 0. The summed E-state index contributed by atoms with van der Waals surface area (Å²) in [6.07, 6.45) is 2.77. The van der Waals surface area contributed by atoms with Crippen LogP contribution in [0.2, 0.25) is 16.6 Å². The molecule has 0 radical (unpaired) electrons. The summed E-state index contributed by atoms with van der Waals surface area (Å²) in [6, 6.07) is 0. The minimum Gasteiger partial charge on any atom is -0.415 e. The van der Waals surface area contributed by atoms with Gasteiger partial charge in [-0.15, -0.1) is 0 Å². The van der Waals surface area contributed by atoms with Crippen molar-refractivity contribution in [3.8, 4) is 0 Å². The molecule has 0 unspecified atom stereocenters. The number of hydrogen-bond donors (Lipinski definition) is 2. The molecule has 3 rings (SSSR count). The largest absolute Gasteiger partial charge is 0.415 e. The second-order valence-corrected chi connectivity index (χ2v) is 18.4. The molecular formula is C27H50O4Si. The average molecular weight is 467 g/mol. The van der Waals surface area contributed by atoms with Crippen LogP contribution in [0.5, 0.6) is 0 Å². The zero-order valence-corrected chi connectivity index (χ0v) is 23.1. The van der Waals surface area contributed by atoms with Crippen molar-refractivity contribution in [1.29, 1.82) is 0 Å². The number of carbonyl (C=O) groups excluding carboxylic acids is 1. The van der Waals surface area contributed by atoms with Gasteiger partial charge in [-0.05, 0) is 65.5 Å². The van der Waals surface area contributed by atoms with Gasteiger partial charge in [0.05, 0.1) is 12.2 Å². The Morgan fingerprint density at radius 2 is 1.53 bits per heavy atom. The number of carbonyl (C=O) groups is 1. The van der Waals surface area contributed by atoms with Gasteiger partial charge in [0.2, 0.25) is 0 Å². The molecule has 0 spiro atoms. The first-order valence-electron chi connectivity index (χ1n) is 13.3. The van der Waals surface area contributed by atoms with E-state index < -0.39 is 25.9 Å². The lowest BCUT2D eigenvalue weighted by atomic mass is 9.41. The van der Waals surface area contributed by atoms with E-state index in [4.69, 9.17) is 4.43 Å². The number of aliphatic hydroxyl groups is 2. The highest BCUT2D eigenvalue weighted by molar-refractivity contribution is 6.77. The van der Waals surface area contributed by atoms with Crippen LogP contribution >= 0.6 is 0 Å². The van der Waals surface area contributed by atoms with Crippen molar-refractivity contribution in [3.05, 3.63) is 0 Å². The molecular weight excluding hydrogens is 416 g/mol. The van der Waals surface area contributed by atoms with Crippen LogP contribution in [0, 0.1) is 34.5 Å². The van der Waals surface area contributed by atoms with E-state index in [9.17, 15) is 15.0 Å². The Bertz CT molecular complexity index is 669. The highest BCUT2D eigenvalue weighted by atomic mass is 28.4. The quantitative estimate of drug-likeness (QED) is 0.474. The van der Waals surface area contributed by atoms with E-state index in [2.05, 4.69) is 62.3 Å². The standard InChI is InChI=1S/C27H50O4Si/c1-16(2)32(17(3)4,18(5)6)31-15-27-13-12-21-19(7)10-11-22(28)26(21,9)25(27)24(30)23(29)20(8)14-27/h16-21,23-25,29-30H,10-15H2,1-9H3/t19-,20-,21+,23-,24-,25-,26-,27+/m1/s1. The van der Waals surface area contributed by atoms with E-state index in [-0.39, 0.29) is 17.3 Å². The molecule has 3 aliphatic carbocycles. The zero-order chi connectivity index (χ0) is 24.2. The monoisotopic (exact) mass is 466 g/mol. The second kappa shape index (κ2) is 9.09. The van der Waals surface area contributed by atoms with Crippen molar-refractivity contribution < 1.29 is 19.4 Å². The molecule has 3 fully saturated rings. The Morgan fingerprint density at radius 1 is 0.969 bits per heavy atom. The topological polar surface area (TPSA) is 66.8 Å². The van der Waals surface area contributed by atoms with E-state index in [1.54, 1.807) is 0 Å². The molecule has 0 aromatic rings. The highest BCUT2D eigenvalue weighted by Crippen LogP contribution is 2.65. The van der Waals surface area contributed by atoms with E-state index >= 15 is 0 Å². The number of aliphatic hydroxyl groups excluding tert-OH is 2. The number of rotatable bonds is 6. The first-order valence-corrected chi connectivity index (χ1v) is 15.4. The van der Waals surface area contributed by atoms with Crippen molar-refractivity contribution in [3.63, 3.8) is 0 Å². The lowest BCUT2D eigenvalue weighted by molar-refractivity contribution is -0.220. The lowest BCUT2D eigenvalue weighted by Crippen LogP contribution is -2.67. The molecule has 8 atom stereocenters. The number of Topliss-reactive ketones (excluding diaryl/α,β-unsaturated/α-hetero) is 1. The molecule has 0 heterocycles. The fourth-order valence-electron chi connectivity index (χ4n) is 9.08. The van der Waals surface area contributed by atoms with Gasteiger partial charge in [0.15, 0.2) is 8.32 Å². The van der Waals surface area contributed by atoms with E-state index in [0.717, 1.165) is 25.7 Å². The first kappa shape index (κ1) is 26.4. The van der Waals surface area contributed by atoms with Gasteiger partial charge >= 0.3 is 0 Å². The predicted octanol–water partition coefficient (Wildman–Crippen LogP) is 5.96. The molecule has 4 nitrogen and oxygen atoms in total. The van der Waals surface area contributed by atoms with E-state index in [1.807, 2.05) is 0 Å². The Morgan fingerprint density at radius 3 is 2.06 bits per heavy atom. The van der Waals surface area contributed by atoms with Crippen LogP contribution in [0.3, 0.4) is 0 Å². The van der Waals surface area contributed by atoms with Gasteiger partial charge in [0, 0.05) is 24.4 Å². The zero-order valence-electron chi connectivity index (χ0n) is 22.1. The number of fused-ring (bicyclic) bond motifs is 3. The molecule has 5 heteroatoms. The normalized spacial score (nSPS) is 43.0. The minimum absolute atomic E-state index is 0.00864. The summed E-state index contributed by atoms with van der Waals surface area (Å²) in [7, 11) is -2.08. The third-order valence-electron chi connectivity index (χ3n) is 10.5. The maximum atomic E-state index is 13.5. The van der Waals surface area contributed by atoms with Gasteiger partial charge < -0.3 is 14.6 Å². The molecule has 3 saturated carbocycles. The van der Waals surface area contributed by atoms with Crippen LogP contribution in [0.15, 0.2) is 0 Å². The molecule has 0 amide bonds. The van der Waals surface area contributed by atoms with Gasteiger partial charge in [0.1, 0.15) is 5.78 Å². The van der Waals surface area contributed by atoms with Crippen LogP contribution in [-0.2, 0) is 9.22 Å². The van der Waals surface area contributed by atoms with Crippen molar-refractivity contribution in [1.82, 2.24) is 0 Å². The first-order chi connectivity index (χ1) is 14.8. The molecule has 0 aromatic carbocycles. The molecule has 0 saturated heterocycles. The molecule has 2 N–H and O–H groups in total. The summed E-state index contributed by atoms with van der Waals surface area (Å²) in [5.41, 5.74) is 0.677. The summed E-state index contributed by atoms with van der Waals surface area (Å²) < 4.78 is 7.17. The smallest absolute Gasteiger partial charge is 0.200 e. The van der Waals surface area contributed by atoms with Crippen LogP contribution < -0.4 is 0 Å².